The van der Waals surface area contributed by atoms with Gasteiger partial charge in [-0.1, -0.05) is 0 Å². The van der Waals surface area contributed by atoms with Crippen molar-refractivity contribution in [1.29, 1.82) is 0 Å². The van der Waals surface area contributed by atoms with Crippen LogP contribution in [0, 0.1) is 0 Å². The first-order valence-corrected chi connectivity index (χ1v) is 6.91. The Kier molecular flexibility index (Phi) is 4.57. The number of amides is 3. The fourth-order valence-electron chi connectivity index (χ4n) is 2.49. The van der Waals surface area contributed by atoms with E-state index in [0.29, 0.717) is 19.4 Å². The van der Waals surface area contributed by atoms with Crippen molar-refractivity contribution in [3.8, 4) is 0 Å². The molecule has 0 saturated carbocycles. The number of rotatable bonds is 6. The summed E-state index contributed by atoms with van der Waals surface area (Å²) in [5, 5.41) is 5.16. The first kappa shape index (κ1) is 15.0. The van der Waals surface area contributed by atoms with Crippen molar-refractivity contribution >= 4 is 23.9 Å². The Morgan fingerprint density at radius 2 is 2.24 bits per heavy atom. The Bertz CT molecular complexity index is 571. The van der Waals surface area contributed by atoms with Crippen molar-refractivity contribution in [3.63, 3.8) is 0 Å². The second-order valence-corrected chi connectivity index (χ2v) is 5.13. The van der Waals surface area contributed by atoms with E-state index in [1.807, 2.05) is 32.2 Å². The lowest BCUT2D eigenvalue weighted by atomic mass is 10.1. The molecule has 0 saturated heterocycles. The Labute approximate surface area is 123 Å². The van der Waals surface area contributed by atoms with Gasteiger partial charge in [-0.15, -0.1) is 0 Å². The number of carbonyl (C=O) groups excluding carboxylic acids is 3. The minimum atomic E-state index is -0.321. The number of hydrogen-bond acceptors (Lipinski definition) is 4. The highest BCUT2D eigenvalue weighted by Gasteiger charge is 2.30. The molecule has 3 amide bonds. The average molecular weight is 289 g/mol. The van der Waals surface area contributed by atoms with E-state index in [2.05, 4.69) is 10.6 Å². The zero-order valence-corrected chi connectivity index (χ0v) is 12.2. The first-order chi connectivity index (χ1) is 10.1. The van der Waals surface area contributed by atoms with E-state index in [-0.39, 0.29) is 24.3 Å². The van der Waals surface area contributed by atoms with Gasteiger partial charge in [-0.3, -0.25) is 19.7 Å². The van der Waals surface area contributed by atoms with E-state index in [1.54, 1.807) is 4.90 Å². The summed E-state index contributed by atoms with van der Waals surface area (Å²) < 4.78 is 0. The van der Waals surface area contributed by atoms with Gasteiger partial charge in [0.1, 0.15) is 0 Å². The SMILES string of the molecule is CNc1ccc2c(c1)CN(C(C)CCC(=O)NC=O)C2=O. The lowest BCUT2D eigenvalue weighted by Crippen LogP contribution is -2.34. The molecule has 0 bridgehead atoms. The molecular formula is C15H19N3O3. The highest BCUT2D eigenvalue weighted by molar-refractivity contribution is 5.99. The van der Waals surface area contributed by atoms with E-state index in [1.165, 1.54) is 0 Å². The average Bonchev–Trinajstić information content (AvgIpc) is 2.81. The molecule has 2 rings (SSSR count). The smallest absolute Gasteiger partial charge is 0.254 e. The van der Waals surface area contributed by atoms with Crippen LogP contribution in [-0.2, 0) is 16.1 Å². The van der Waals surface area contributed by atoms with E-state index < -0.39 is 0 Å². The number of fused-ring (bicyclic) bond motifs is 1. The number of benzene rings is 1. The molecule has 1 aliphatic rings. The number of nitrogens with one attached hydrogen (secondary N) is 2. The van der Waals surface area contributed by atoms with E-state index in [4.69, 9.17) is 0 Å². The van der Waals surface area contributed by atoms with Gasteiger partial charge < -0.3 is 10.2 Å². The first-order valence-electron chi connectivity index (χ1n) is 6.91. The Hall–Kier alpha value is -2.37. The van der Waals surface area contributed by atoms with Crippen molar-refractivity contribution in [2.75, 3.05) is 12.4 Å². The molecular weight excluding hydrogens is 270 g/mol. The van der Waals surface area contributed by atoms with Crippen LogP contribution < -0.4 is 10.6 Å². The van der Waals surface area contributed by atoms with Gasteiger partial charge in [-0.25, -0.2) is 0 Å². The van der Waals surface area contributed by atoms with Crippen LogP contribution in [0.1, 0.15) is 35.7 Å². The molecule has 112 valence electrons. The van der Waals surface area contributed by atoms with Crippen molar-refractivity contribution < 1.29 is 14.4 Å². The molecule has 0 fully saturated rings. The third-order valence-corrected chi connectivity index (χ3v) is 3.77. The van der Waals surface area contributed by atoms with Crippen LogP contribution in [0.5, 0.6) is 0 Å². The molecule has 0 aromatic heterocycles. The van der Waals surface area contributed by atoms with Crippen LogP contribution >= 0.6 is 0 Å². The van der Waals surface area contributed by atoms with Crippen molar-refractivity contribution in [2.45, 2.75) is 32.4 Å². The van der Waals surface area contributed by atoms with Crippen LogP contribution in [0.2, 0.25) is 0 Å². The van der Waals surface area contributed by atoms with Crippen molar-refractivity contribution in [2.24, 2.45) is 0 Å². The van der Waals surface area contributed by atoms with Gasteiger partial charge in [0.25, 0.3) is 5.91 Å². The summed E-state index contributed by atoms with van der Waals surface area (Å²) in [4.78, 5) is 35.6. The lowest BCUT2D eigenvalue weighted by molar-refractivity contribution is -0.125. The molecule has 6 heteroatoms. The van der Waals surface area contributed by atoms with Crippen LogP contribution in [-0.4, -0.2) is 36.2 Å². The summed E-state index contributed by atoms with van der Waals surface area (Å²) in [5.74, 6) is -0.325. The second-order valence-electron chi connectivity index (χ2n) is 5.13. The standard InChI is InChI=1S/C15H19N3O3/c1-10(3-6-14(20)17-9-19)18-8-11-7-12(16-2)4-5-13(11)15(18)21/h4-5,7,9-10,16H,3,6,8H2,1-2H3,(H,17,19,20). The Morgan fingerprint density at radius 3 is 2.90 bits per heavy atom. The maximum Gasteiger partial charge on any atom is 0.254 e. The quantitative estimate of drug-likeness (QED) is 0.769. The molecule has 21 heavy (non-hydrogen) atoms. The molecule has 1 aromatic rings. The molecule has 6 nitrogen and oxygen atoms in total. The Balaban J connectivity index is 2.01. The zero-order valence-electron chi connectivity index (χ0n) is 12.2. The molecule has 1 heterocycles. The number of hydrogen-bond donors (Lipinski definition) is 2. The predicted octanol–water partition coefficient (Wildman–Crippen LogP) is 1.13. The topological polar surface area (TPSA) is 78.5 Å². The van der Waals surface area contributed by atoms with E-state index in [9.17, 15) is 14.4 Å². The number of imide groups is 1. The van der Waals surface area contributed by atoms with Gasteiger partial charge in [-0.2, -0.15) is 0 Å². The summed E-state index contributed by atoms with van der Waals surface area (Å²) >= 11 is 0. The van der Waals surface area contributed by atoms with Crippen LogP contribution in [0.25, 0.3) is 0 Å². The van der Waals surface area contributed by atoms with Crippen molar-refractivity contribution in [1.82, 2.24) is 10.2 Å². The molecule has 0 aliphatic carbocycles. The van der Waals surface area contributed by atoms with Gasteiger partial charge in [0.05, 0.1) is 0 Å². The molecule has 0 spiro atoms. The third kappa shape index (κ3) is 3.21. The normalized spacial score (nSPS) is 14.6. The zero-order chi connectivity index (χ0) is 15.4. The van der Waals surface area contributed by atoms with Crippen molar-refractivity contribution in [3.05, 3.63) is 29.3 Å². The maximum atomic E-state index is 12.4. The third-order valence-electron chi connectivity index (χ3n) is 3.77. The minimum Gasteiger partial charge on any atom is -0.388 e. The number of carbonyl (C=O) groups is 3. The van der Waals surface area contributed by atoms with Gasteiger partial charge >= 0.3 is 0 Å². The summed E-state index contributed by atoms with van der Waals surface area (Å²) in [5.41, 5.74) is 2.69. The van der Waals surface area contributed by atoms with Gasteiger partial charge in [-0.05, 0) is 37.1 Å². The largest absolute Gasteiger partial charge is 0.388 e. The van der Waals surface area contributed by atoms with E-state index in [0.717, 1.165) is 16.8 Å². The van der Waals surface area contributed by atoms with Gasteiger partial charge in [0.2, 0.25) is 12.3 Å². The number of nitrogens with zero attached hydrogens (tertiary/aromatic N) is 1. The molecule has 1 aromatic carbocycles. The number of anilines is 1. The molecule has 2 N–H and O–H groups in total. The summed E-state index contributed by atoms with van der Waals surface area (Å²) in [6.07, 6.45) is 1.13. The van der Waals surface area contributed by atoms with Crippen LogP contribution in [0.3, 0.4) is 0 Å². The summed E-state index contributed by atoms with van der Waals surface area (Å²) in [6.45, 7) is 2.47. The summed E-state index contributed by atoms with van der Waals surface area (Å²) in [6, 6.07) is 5.62. The Morgan fingerprint density at radius 1 is 1.48 bits per heavy atom. The van der Waals surface area contributed by atoms with Crippen LogP contribution in [0.15, 0.2) is 18.2 Å². The molecule has 1 atom stereocenters. The predicted molar refractivity (Wildman–Crippen MR) is 78.8 cm³/mol. The van der Waals surface area contributed by atoms with E-state index >= 15 is 0 Å². The maximum absolute atomic E-state index is 12.4. The minimum absolute atomic E-state index is 0.00375. The highest BCUT2D eigenvalue weighted by Crippen LogP contribution is 2.28. The monoisotopic (exact) mass is 289 g/mol. The lowest BCUT2D eigenvalue weighted by Gasteiger charge is -2.23. The highest BCUT2D eigenvalue weighted by atomic mass is 16.2. The second kappa shape index (κ2) is 6.39. The molecule has 1 unspecified atom stereocenters. The molecule has 1 aliphatic heterocycles. The fourth-order valence-corrected chi connectivity index (χ4v) is 2.49. The van der Waals surface area contributed by atoms with Crippen LogP contribution in [0.4, 0.5) is 5.69 Å². The summed E-state index contributed by atoms with van der Waals surface area (Å²) in [7, 11) is 1.84. The van der Waals surface area contributed by atoms with Gasteiger partial charge in [0.15, 0.2) is 0 Å². The molecule has 0 radical (unpaired) electrons. The fraction of sp³-hybridized carbons (Fsp3) is 0.400. The van der Waals surface area contributed by atoms with Gasteiger partial charge in [0, 0.05) is 37.3 Å².